The van der Waals surface area contributed by atoms with Crippen LogP contribution in [0.25, 0.3) is 0 Å². The Labute approximate surface area is 117 Å². The van der Waals surface area contributed by atoms with Crippen molar-refractivity contribution in [2.24, 2.45) is 0 Å². The molecule has 5 nitrogen and oxygen atoms in total. The second kappa shape index (κ2) is 5.97. The second-order valence-corrected chi connectivity index (χ2v) is 4.71. The van der Waals surface area contributed by atoms with Crippen molar-refractivity contribution in [2.45, 2.75) is 19.0 Å². The summed E-state index contributed by atoms with van der Waals surface area (Å²) >= 11 is 4.07. The second-order valence-electron chi connectivity index (χ2n) is 4.35. The molecule has 1 aromatic rings. The molecule has 2 amide bonds. The minimum absolute atomic E-state index is 0.181. The van der Waals surface area contributed by atoms with Crippen LogP contribution in [0.4, 0.5) is 0 Å². The topological polar surface area (TPSA) is 67.4 Å². The maximum atomic E-state index is 12.0. The first kappa shape index (κ1) is 13.7. The highest BCUT2D eigenvalue weighted by molar-refractivity contribution is 7.80. The van der Waals surface area contributed by atoms with Crippen LogP contribution in [0, 0.1) is 0 Å². The smallest absolute Gasteiger partial charge is 0.244 e. The minimum Gasteiger partial charge on any atom is -0.491 e. The monoisotopic (exact) mass is 280 g/mol. The Bertz CT molecular complexity index is 493. The normalized spacial score (nSPS) is 18.1. The van der Waals surface area contributed by atoms with E-state index in [1.54, 1.807) is 0 Å². The van der Waals surface area contributed by atoms with Crippen LogP contribution in [0.15, 0.2) is 24.3 Å². The maximum Gasteiger partial charge on any atom is 0.244 e. The van der Waals surface area contributed by atoms with E-state index in [0.29, 0.717) is 6.61 Å². The predicted octanol–water partition coefficient (Wildman–Crippen LogP) is 0.671. The van der Waals surface area contributed by atoms with Gasteiger partial charge in [-0.3, -0.25) is 9.59 Å². The Morgan fingerprint density at radius 3 is 2.89 bits per heavy atom. The van der Waals surface area contributed by atoms with Gasteiger partial charge >= 0.3 is 0 Å². The number of carbonyl (C=O) groups is 2. The van der Waals surface area contributed by atoms with Gasteiger partial charge in [0.15, 0.2) is 0 Å². The number of thiol groups is 1. The van der Waals surface area contributed by atoms with Crippen molar-refractivity contribution in [1.82, 2.24) is 10.6 Å². The molecule has 2 rings (SSSR count). The first-order valence-electron chi connectivity index (χ1n) is 6.02. The Hall–Kier alpha value is -1.69. The number of nitrogens with one attached hydrogen (secondary N) is 2. The van der Waals surface area contributed by atoms with E-state index < -0.39 is 6.04 Å². The van der Waals surface area contributed by atoms with Gasteiger partial charge in [0.25, 0.3) is 0 Å². The summed E-state index contributed by atoms with van der Waals surface area (Å²) in [6.45, 7) is 1.78. The number of ether oxygens (including phenoxy) is 1. The van der Waals surface area contributed by atoms with Gasteiger partial charge in [-0.05, 0) is 6.07 Å². The van der Waals surface area contributed by atoms with Gasteiger partial charge in [-0.1, -0.05) is 18.2 Å². The van der Waals surface area contributed by atoms with Crippen molar-refractivity contribution in [3.63, 3.8) is 0 Å². The van der Waals surface area contributed by atoms with Gasteiger partial charge in [0.1, 0.15) is 18.4 Å². The van der Waals surface area contributed by atoms with Gasteiger partial charge in [0.2, 0.25) is 11.8 Å². The molecule has 0 fully saturated rings. The van der Waals surface area contributed by atoms with Gasteiger partial charge in [-0.25, -0.2) is 0 Å². The molecule has 0 saturated carbocycles. The van der Waals surface area contributed by atoms with Gasteiger partial charge in [0, 0.05) is 18.2 Å². The van der Waals surface area contributed by atoms with Crippen molar-refractivity contribution < 1.29 is 14.3 Å². The van der Waals surface area contributed by atoms with Crippen LogP contribution >= 0.6 is 12.6 Å². The molecule has 0 bridgehead atoms. The number of hydrogen-bond donors (Lipinski definition) is 3. The van der Waals surface area contributed by atoms with Gasteiger partial charge in [-0.2, -0.15) is 12.6 Å². The fourth-order valence-electron chi connectivity index (χ4n) is 1.99. The highest BCUT2D eigenvalue weighted by Crippen LogP contribution is 2.31. The summed E-state index contributed by atoms with van der Waals surface area (Å²) < 4.78 is 5.49. The molecular formula is C13H16N2O3S. The highest BCUT2D eigenvalue weighted by atomic mass is 32.1. The molecule has 0 radical (unpaired) electrons. The number of fused-ring (bicyclic) bond motifs is 1. The summed E-state index contributed by atoms with van der Waals surface area (Å²) in [6.07, 6.45) is 0. The van der Waals surface area contributed by atoms with E-state index in [4.69, 9.17) is 4.74 Å². The molecule has 0 spiro atoms. The van der Waals surface area contributed by atoms with E-state index in [9.17, 15) is 9.59 Å². The Kier molecular flexibility index (Phi) is 4.31. The van der Waals surface area contributed by atoms with Crippen molar-refractivity contribution in [3.05, 3.63) is 29.8 Å². The lowest BCUT2D eigenvalue weighted by molar-refractivity contribution is -0.128. The summed E-state index contributed by atoms with van der Waals surface area (Å²) in [4.78, 5) is 23.0. The maximum absolute atomic E-state index is 12.0. The van der Waals surface area contributed by atoms with Crippen LogP contribution in [0.1, 0.15) is 18.5 Å². The fourth-order valence-corrected chi connectivity index (χ4v) is 2.25. The van der Waals surface area contributed by atoms with Crippen LogP contribution in [0.5, 0.6) is 5.75 Å². The van der Waals surface area contributed by atoms with E-state index >= 15 is 0 Å². The number of para-hydroxylation sites is 1. The molecule has 1 aliphatic rings. The van der Waals surface area contributed by atoms with Crippen LogP contribution in [0.3, 0.4) is 0 Å². The molecule has 0 aromatic heterocycles. The highest BCUT2D eigenvalue weighted by Gasteiger charge is 2.27. The summed E-state index contributed by atoms with van der Waals surface area (Å²) in [7, 11) is 0. The average Bonchev–Trinajstić information content (AvgIpc) is 2.79. The molecular weight excluding hydrogens is 264 g/mol. The first-order valence-corrected chi connectivity index (χ1v) is 6.65. The van der Waals surface area contributed by atoms with Gasteiger partial charge in [-0.15, -0.1) is 0 Å². The molecule has 19 heavy (non-hydrogen) atoms. The standard InChI is InChI=1S/C13H16N2O3S/c1-8(16)14-11(7-19)13(17)15-10-6-18-12-5-3-2-4-9(10)12/h2-5,10-11,19H,6-7H2,1H3,(H,14,16)(H,15,17). The number of amides is 2. The molecule has 2 N–H and O–H groups in total. The SMILES string of the molecule is CC(=O)NC(CS)C(=O)NC1COc2ccccc21. The number of benzene rings is 1. The van der Waals surface area contributed by atoms with Crippen LogP contribution in [-0.4, -0.2) is 30.2 Å². The van der Waals surface area contributed by atoms with E-state index in [0.717, 1.165) is 11.3 Å². The summed E-state index contributed by atoms with van der Waals surface area (Å²) in [5.74, 6) is 0.531. The lowest BCUT2D eigenvalue weighted by Crippen LogP contribution is -2.48. The molecule has 1 heterocycles. The third-order valence-electron chi connectivity index (χ3n) is 2.89. The quantitative estimate of drug-likeness (QED) is 0.710. The Balaban J connectivity index is 2.02. The first-order chi connectivity index (χ1) is 9.11. The molecule has 1 aromatic carbocycles. The minimum atomic E-state index is -0.631. The van der Waals surface area contributed by atoms with Crippen LogP contribution in [0.2, 0.25) is 0 Å². The van der Waals surface area contributed by atoms with Gasteiger partial charge in [0.05, 0.1) is 6.04 Å². The lowest BCUT2D eigenvalue weighted by Gasteiger charge is -2.18. The average molecular weight is 280 g/mol. The van der Waals surface area contributed by atoms with Crippen molar-refractivity contribution in [2.75, 3.05) is 12.4 Å². The zero-order valence-electron chi connectivity index (χ0n) is 10.6. The van der Waals surface area contributed by atoms with Crippen molar-refractivity contribution in [3.8, 4) is 5.75 Å². The summed E-state index contributed by atoms with van der Waals surface area (Å²) in [5, 5.41) is 5.42. The predicted molar refractivity (Wildman–Crippen MR) is 74.3 cm³/mol. The zero-order chi connectivity index (χ0) is 13.8. The molecule has 1 aliphatic heterocycles. The molecule has 0 aliphatic carbocycles. The lowest BCUT2D eigenvalue weighted by atomic mass is 10.1. The van der Waals surface area contributed by atoms with Crippen molar-refractivity contribution >= 4 is 24.4 Å². The molecule has 102 valence electrons. The van der Waals surface area contributed by atoms with Crippen molar-refractivity contribution in [1.29, 1.82) is 0 Å². The summed E-state index contributed by atoms with van der Waals surface area (Å²) in [5.41, 5.74) is 0.955. The molecule has 2 unspecified atom stereocenters. The number of rotatable bonds is 4. The van der Waals surface area contributed by atoms with Gasteiger partial charge < -0.3 is 15.4 Å². The Morgan fingerprint density at radius 1 is 1.47 bits per heavy atom. The van der Waals surface area contributed by atoms with E-state index in [2.05, 4.69) is 23.3 Å². The molecule has 6 heteroatoms. The Morgan fingerprint density at radius 2 is 2.21 bits per heavy atom. The number of carbonyl (C=O) groups excluding carboxylic acids is 2. The summed E-state index contributed by atoms with van der Waals surface area (Å²) in [6, 6.07) is 6.76. The third kappa shape index (κ3) is 3.20. The third-order valence-corrected chi connectivity index (χ3v) is 3.26. The van der Waals surface area contributed by atoms with E-state index in [1.807, 2.05) is 24.3 Å². The molecule has 2 atom stereocenters. The fraction of sp³-hybridized carbons (Fsp3) is 0.385. The number of hydrogen-bond acceptors (Lipinski definition) is 4. The van der Waals surface area contributed by atoms with E-state index in [1.165, 1.54) is 6.92 Å². The zero-order valence-corrected chi connectivity index (χ0v) is 11.4. The molecule has 0 saturated heterocycles. The van der Waals surface area contributed by atoms with Crippen LogP contribution in [-0.2, 0) is 9.59 Å². The van der Waals surface area contributed by atoms with E-state index in [-0.39, 0.29) is 23.6 Å². The van der Waals surface area contributed by atoms with Crippen LogP contribution < -0.4 is 15.4 Å². The largest absolute Gasteiger partial charge is 0.491 e.